The highest BCUT2D eigenvalue weighted by molar-refractivity contribution is 6.36. The Labute approximate surface area is 151 Å². The quantitative estimate of drug-likeness (QED) is 0.796. The summed E-state index contributed by atoms with van der Waals surface area (Å²) in [7, 11) is 2.70. The van der Waals surface area contributed by atoms with Crippen molar-refractivity contribution in [2.75, 3.05) is 11.9 Å². The molecular weight excluding hydrogens is 373 g/mol. The van der Waals surface area contributed by atoms with Crippen molar-refractivity contribution in [3.8, 4) is 0 Å². The van der Waals surface area contributed by atoms with Crippen LogP contribution in [0.4, 0.5) is 5.82 Å². The van der Waals surface area contributed by atoms with Gasteiger partial charge in [-0.2, -0.15) is 0 Å². The number of nitrogens with one attached hydrogen (secondary N) is 1. The molecule has 1 N–H and O–H groups in total. The number of ether oxygens (including phenoxy) is 1. The number of esters is 1. The normalized spacial score (nSPS) is 10.4. The number of hydrogen-bond acceptors (Lipinski definition) is 5. The second-order valence-corrected chi connectivity index (χ2v) is 5.86. The summed E-state index contributed by atoms with van der Waals surface area (Å²) in [6.07, 6.45) is 0. The number of hydrogen-bond donors (Lipinski definition) is 1. The topological polar surface area (TPSA) is 99.4 Å². The van der Waals surface area contributed by atoms with Crippen LogP contribution in [0.5, 0.6) is 0 Å². The molecule has 2 rings (SSSR count). The number of nitrogens with zero attached hydrogens (tertiary/aromatic N) is 2. The Bertz CT molecular complexity index is 965. The van der Waals surface area contributed by atoms with Gasteiger partial charge in [0.15, 0.2) is 6.61 Å². The van der Waals surface area contributed by atoms with Crippen molar-refractivity contribution < 1.29 is 14.3 Å². The van der Waals surface area contributed by atoms with Crippen LogP contribution in [0.25, 0.3) is 0 Å². The third-order valence-corrected chi connectivity index (χ3v) is 3.83. The molecule has 0 bridgehead atoms. The number of aromatic nitrogens is 2. The second kappa shape index (κ2) is 7.54. The third-order valence-electron chi connectivity index (χ3n) is 3.28. The lowest BCUT2D eigenvalue weighted by molar-refractivity contribution is -0.119. The lowest BCUT2D eigenvalue weighted by atomic mass is 10.2. The van der Waals surface area contributed by atoms with Gasteiger partial charge in [0.2, 0.25) is 0 Å². The Kier molecular flexibility index (Phi) is 5.66. The molecule has 10 heteroatoms. The molecule has 25 heavy (non-hydrogen) atoms. The molecule has 2 aromatic rings. The fourth-order valence-electron chi connectivity index (χ4n) is 1.90. The van der Waals surface area contributed by atoms with Crippen LogP contribution in [0.15, 0.2) is 33.9 Å². The standard InChI is InChI=1S/C15H13Cl2N3O5/c1-19-11(6-13(22)20(2)15(19)24)18-12(21)7-25-14(23)9-4-3-8(16)5-10(9)17/h3-6H,7H2,1-2H3,(H,18,21). The fourth-order valence-corrected chi connectivity index (χ4v) is 2.38. The van der Waals surface area contributed by atoms with Crippen molar-refractivity contribution in [2.24, 2.45) is 14.1 Å². The first-order chi connectivity index (χ1) is 11.7. The van der Waals surface area contributed by atoms with Crippen LogP contribution in [0, 0.1) is 0 Å². The van der Waals surface area contributed by atoms with Gasteiger partial charge in [0, 0.05) is 25.2 Å². The van der Waals surface area contributed by atoms with Crippen molar-refractivity contribution in [1.82, 2.24) is 9.13 Å². The van der Waals surface area contributed by atoms with Gasteiger partial charge >= 0.3 is 11.7 Å². The van der Waals surface area contributed by atoms with Crippen molar-refractivity contribution in [3.63, 3.8) is 0 Å². The van der Waals surface area contributed by atoms with Gasteiger partial charge in [-0.25, -0.2) is 9.59 Å². The number of amides is 1. The fraction of sp³-hybridized carbons (Fsp3) is 0.200. The van der Waals surface area contributed by atoms with Gasteiger partial charge in [-0.3, -0.25) is 18.7 Å². The molecule has 0 saturated carbocycles. The Morgan fingerprint density at radius 3 is 2.44 bits per heavy atom. The molecule has 0 aliphatic rings. The number of carbonyl (C=O) groups excluding carboxylic acids is 2. The summed E-state index contributed by atoms with van der Waals surface area (Å²) in [6, 6.07) is 5.28. The lowest BCUT2D eigenvalue weighted by Gasteiger charge is -2.11. The molecule has 0 atom stereocenters. The lowest BCUT2D eigenvalue weighted by Crippen LogP contribution is -2.38. The Morgan fingerprint density at radius 2 is 1.80 bits per heavy atom. The van der Waals surface area contributed by atoms with Crippen LogP contribution in [0.2, 0.25) is 10.0 Å². The SMILES string of the molecule is Cn1c(NC(=O)COC(=O)c2ccc(Cl)cc2Cl)cc(=O)n(C)c1=O. The summed E-state index contributed by atoms with van der Waals surface area (Å²) >= 11 is 11.6. The Hall–Kier alpha value is -2.58. The molecular formula is C15H13Cl2N3O5. The minimum Gasteiger partial charge on any atom is -0.452 e. The van der Waals surface area contributed by atoms with E-state index in [9.17, 15) is 19.2 Å². The van der Waals surface area contributed by atoms with Gasteiger partial charge in [0.1, 0.15) is 5.82 Å². The molecule has 1 amide bonds. The monoisotopic (exact) mass is 385 g/mol. The average Bonchev–Trinajstić information content (AvgIpc) is 2.55. The Balaban J connectivity index is 2.05. The number of benzene rings is 1. The maximum absolute atomic E-state index is 11.9. The van der Waals surface area contributed by atoms with Crippen molar-refractivity contribution in [1.29, 1.82) is 0 Å². The zero-order valence-electron chi connectivity index (χ0n) is 13.2. The summed E-state index contributed by atoms with van der Waals surface area (Å²) in [4.78, 5) is 47.2. The van der Waals surface area contributed by atoms with Crippen LogP contribution in [-0.2, 0) is 23.6 Å². The summed E-state index contributed by atoms with van der Waals surface area (Å²) in [5.41, 5.74) is -1.13. The molecule has 1 heterocycles. The number of anilines is 1. The van der Waals surface area contributed by atoms with Crippen molar-refractivity contribution in [2.45, 2.75) is 0 Å². The predicted octanol–water partition coefficient (Wildman–Crippen LogP) is 1.19. The van der Waals surface area contributed by atoms with E-state index in [-0.39, 0.29) is 16.4 Å². The summed E-state index contributed by atoms with van der Waals surface area (Å²) in [6.45, 7) is -0.624. The first kappa shape index (κ1) is 18.8. The van der Waals surface area contributed by atoms with E-state index in [0.717, 1.165) is 15.2 Å². The largest absolute Gasteiger partial charge is 0.452 e. The molecule has 132 valence electrons. The number of halogens is 2. The van der Waals surface area contributed by atoms with E-state index in [1.165, 1.54) is 32.3 Å². The number of rotatable bonds is 4. The molecule has 8 nitrogen and oxygen atoms in total. The first-order valence-corrected chi connectivity index (χ1v) is 7.65. The van der Waals surface area contributed by atoms with E-state index in [1.54, 1.807) is 0 Å². The first-order valence-electron chi connectivity index (χ1n) is 6.90. The van der Waals surface area contributed by atoms with Gasteiger partial charge in [-0.15, -0.1) is 0 Å². The molecule has 0 saturated heterocycles. The van der Waals surface area contributed by atoms with E-state index in [4.69, 9.17) is 27.9 Å². The maximum Gasteiger partial charge on any atom is 0.340 e. The molecule has 0 fully saturated rings. The second-order valence-electron chi connectivity index (χ2n) is 5.02. The van der Waals surface area contributed by atoms with Gasteiger partial charge in [-0.05, 0) is 18.2 Å². The van der Waals surface area contributed by atoms with Crippen LogP contribution >= 0.6 is 23.2 Å². The van der Waals surface area contributed by atoms with Gasteiger partial charge in [0.05, 0.1) is 10.6 Å². The molecule has 1 aromatic carbocycles. The minimum absolute atomic E-state index is 0.0151. The highest BCUT2D eigenvalue weighted by Crippen LogP contribution is 2.21. The summed E-state index contributed by atoms with van der Waals surface area (Å²) < 4.78 is 6.83. The molecule has 0 radical (unpaired) electrons. The molecule has 0 unspecified atom stereocenters. The van der Waals surface area contributed by atoms with Gasteiger partial charge in [0.25, 0.3) is 11.5 Å². The minimum atomic E-state index is -0.810. The van der Waals surface area contributed by atoms with E-state index in [2.05, 4.69) is 5.32 Å². The molecule has 0 spiro atoms. The Morgan fingerprint density at radius 1 is 1.12 bits per heavy atom. The van der Waals surface area contributed by atoms with Crippen LogP contribution in [0.3, 0.4) is 0 Å². The zero-order valence-corrected chi connectivity index (χ0v) is 14.7. The predicted molar refractivity (Wildman–Crippen MR) is 92.3 cm³/mol. The highest BCUT2D eigenvalue weighted by atomic mass is 35.5. The smallest absolute Gasteiger partial charge is 0.340 e. The maximum atomic E-state index is 11.9. The third kappa shape index (κ3) is 4.28. The van der Waals surface area contributed by atoms with E-state index < -0.39 is 29.7 Å². The van der Waals surface area contributed by atoms with Gasteiger partial charge in [-0.1, -0.05) is 23.2 Å². The average molecular weight is 386 g/mol. The molecule has 0 aliphatic heterocycles. The summed E-state index contributed by atoms with van der Waals surface area (Å²) in [5.74, 6) is -1.55. The van der Waals surface area contributed by atoms with Gasteiger partial charge < -0.3 is 10.1 Å². The highest BCUT2D eigenvalue weighted by Gasteiger charge is 2.15. The zero-order chi connectivity index (χ0) is 18.7. The van der Waals surface area contributed by atoms with Crippen molar-refractivity contribution in [3.05, 3.63) is 60.7 Å². The molecule has 1 aromatic heterocycles. The van der Waals surface area contributed by atoms with E-state index in [1.807, 2.05) is 0 Å². The van der Waals surface area contributed by atoms with Crippen molar-refractivity contribution >= 4 is 40.9 Å². The van der Waals surface area contributed by atoms with Crippen LogP contribution in [-0.4, -0.2) is 27.6 Å². The molecule has 0 aliphatic carbocycles. The van der Waals surface area contributed by atoms with E-state index >= 15 is 0 Å². The number of carbonyl (C=O) groups is 2. The van der Waals surface area contributed by atoms with E-state index in [0.29, 0.717) is 5.02 Å². The summed E-state index contributed by atoms with van der Waals surface area (Å²) in [5, 5.41) is 2.77. The van der Waals surface area contributed by atoms with Crippen LogP contribution < -0.4 is 16.6 Å². The van der Waals surface area contributed by atoms with Crippen LogP contribution in [0.1, 0.15) is 10.4 Å².